The van der Waals surface area contributed by atoms with Gasteiger partial charge in [-0.2, -0.15) is 0 Å². The topological polar surface area (TPSA) is 44.4 Å². The Labute approximate surface area is 110 Å². The fourth-order valence-electron chi connectivity index (χ4n) is 3.00. The molecule has 1 heterocycles. The summed E-state index contributed by atoms with van der Waals surface area (Å²) in [7, 11) is 0. The second kappa shape index (κ2) is 7.10. The summed E-state index contributed by atoms with van der Waals surface area (Å²) in [5.74, 6) is 0.218. The van der Waals surface area contributed by atoms with Gasteiger partial charge in [0.2, 0.25) is 5.91 Å². The first-order valence-corrected chi connectivity index (χ1v) is 7.50. The second-order valence-electron chi connectivity index (χ2n) is 5.78. The number of hydrogen-bond acceptors (Lipinski definition) is 3. The van der Waals surface area contributed by atoms with Crippen molar-refractivity contribution < 1.29 is 4.79 Å². The lowest BCUT2D eigenvalue weighted by Crippen LogP contribution is -2.53. The number of rotatable bonds is 3. The molecule has 1 amide bonds. The number of carbonyl (C=O) groups is 1. The number of hydrogen-bond donors (Lipinski definition) is 2. The van der Waals surface area contributed by atoms with Crippen molar-refractivity contribution in [2.75, 3.05) is 26.2 Å². The number of amides is 1. The van der Waals surface area contributed by atoms with Crippen LogP contribution in [0.3, 0.4) is 0 Å². The molecular weight excluding hydrogens is 226 g/mol. The molecule has 1 aliphatic heterocycles. The van der Waals surface area contributed by atoms with Crippen molar-refractivity contribution in [1.82, 2.24) is 15.5 Å². The van der Waals surface area contributed by atoms with E-state index in [-0.39, 0.29) is 5.91 Å². The van der Waals surface area contributed by atoms with E-state index in [2.05, 4.69) is 22.5 Å². The molecule has 1 saturated heterocycles. The van der Waals surface area contributed by atoms with E-state index in [4.69, 9.17) is 0 Å². The molecule has 0 bridgehead atoms. The van der Waals surface area contributed by atoms with Gasteiger partial charge in [-0.3, -0.25) is 9.69 Å². The molecule has 0 spiro atoms. The van der Waals surface area contributed by atoms with Gasteiger partial charge in [-0.15, -0.1) is 0 Å². The quantitative estimate of drug-likeness (QED) is 0.741. The van der Waals surface area contributed by atoms with Crippen LogP contribution < -0.4 is 10.6 Å². The van der Waals surface area contributed by atoms with Gasteiger partial charge >= 0.3 is 0 Å². The van der Waals surface area contributed by atoms with Crippen LogP contribution in [0, 0.1) is 0 Å². The van der Waals surface area contributed by atoms with Crippen LogP contribution in [-0.4, -0.2) is 49.1 Å². The van der Waals surface area contributed by atoms with E-state index >= 15 is 0 Å². The van der Waals surface area contributed by atoms with E-state index in [9.17, 15) is 4.79 Å². The first kappa shape index (κ1) is 13.8. The number of nitrogens with one attached hydrogen (secondary N) is 2. The molecule has 2 N–H and O–H groups in total. The van der Waals surface area contributed by atoms with Crippen LogP contribution in [0.15, 0.2) is 0 Å². The molecule has 0 aromatic heterocycles. The summed E-state index contributed by atoms with van der Waals surface area (Å²) >= 11 is 0. The average Bonchev–Trinajstić information content (AvgIpc) is 2.61. The Morgan fingerprint density at radius 2 is 2.00 bits per heavy atom. The average molecular weight is 253 g/mol. The number of nitrogens with zero attached hydrogens (tertiary/aromatic N) is 1. The molecule has 4 heteroatoms. The van der Waals surface area contributed by atoms with Gasteiger partial charge in [0.15, 0.2) is 0 Å². The molecule has 1 unspecified atom stereocenters. The highest BCUT2D eigenvalue weighted by molar-refractivity contribution is 5.78. The normalized spacial score (nSPS) is 27.7. The molecule has 18 heavy (non-hydrogen) atoms. The molecule has 1 atom stereocenters. The van der Waals surface area contributed by atoms with Crippen LogP contribution in [0.4, 0.5) is 0 Å². The van der Waals surface area contributed by atoms with Crippen molar-refractivity contribution in [3.05, 3.63) is 0 Å². The predicted molar refractivity (Wildman–Crippen MR) is 73.5 cm³/mol. The van der Waals surface area contributed by atoms with Gasteiger partial charge in [0, 0.05) is 31.7 Å². The molecule has 0 aromatic carbocycles. The highest BCUT2D eigenvalue weighted by atomic mass is 16.2. The van der Waals surface area contributed by atoms with Gasteiger partial charge in [0.05, 0.1) is 6.54 Å². The fourth-order valence-corrected chi connectivity index (χ4v) is 3.00. The first-order chi connectivity index (χ1) is 8.75. The zero-order chi connectivity index (χ0) is 12.8. The maximum Gasteiger partial charge on any atom is 0.234 e. The maximum atomic E-state index is 12.1. The summed E-state index contributed by atoms with van der Waals surface area (Å²) in [5.41, 5.74) is 0. The van der Waals surface area contributed by atoms with E-state index in [1.54, 1.807) is 0 Å². The Bertz CT molecular complexity index is 262. The van der Waals surface area contributed by atoms with Crippen molar-refractivity contribution in [2.45, 2.75) is 57.5 Å². The van der Waals surface area contributed by atoms with Crippen molar-refractivity contribution in [1.29, 1.82) is 0 Å². The Morgan fingerprint density at radius 1 is 1.28 bits per heavy atom. The molecule has 0 aromatic rings. The lowest BCUT2D eigenvalue weighted by molar-refractivity contribution is -0.123. The summed E-state index contributed by atoms with van der Waals surface area (Å²) in [4.78, 5) is 14.3. The Hall–Kier alpha value is -0.610. The molecule has 2 fully saturated rings. The third-order valence-electron chi connectivity index (χ3n) is 4.21. The van der Waals surface area contributed by atoms with Crippen molar-refractivity contribution in [3.8, 4) is 0 Å². The lowest BCUT2D eigenvalue weighted by atomic mass is 10.1. The van der Waals surface area contributed by atoms with Crippen LogP contribution >= 0.6 is 0 Å². The summed E-state index contributed by atoms with van der Waals surface area (Å²) in [6.07, 6.45) is 7.55. The summed E-state index contributed by atoms with van der Waals surface area (Å²) in [5, 5.41) is 6.58. The monoisotopic (exact) mass is 253 g/mol. The highest BCUT2D eigenvalue weighted by Crippen LogP contribution is 2.17. The fraction of sp³-hybridized carbons (Fsp3) is 0.929. The van der Waals surface area contributed by atoms with Gasteiger partial charge in [-0.05, 0) is 19.8 Å². The predicted octanol–water partition coefficient (Wildman–Crippen LogP) is 1.12. The summed E-state index contributed by atoms with van der Waals surface area (Å²) in [6, 6.07) is 0.900. The van der Waals surface area contributed by atoms with Gasteiger partial charge in [0.25, 0.3) is 0 Å². The lowest BCUT2D eigenvalue weighted by Gasteiger charge is -2.33. The Morgan fingerprint density at radius 3 is 2.67 bits per heavy atom. The Balaban J connectivity index is 1.73. The molecule has 104 valence electrons. The minimum atomic E-state index is 0.218. The van der Waals surface area contributed by atoms with Crippen LogP contribution in [0.25, 0.3) is 0 Å². The van der Waals surface area contributed by atoms with E-state index in [1.807, 2.05) is 0 Å². The zero-order valence-corrected chi connectivity index (χ0v) is 11.6. The molecule has 4 nitrogen and oxygen atoms in total. The SMILES string of the molecule is CC1CNCCN1CC(=O)NC1CCCCCC1. The smallest absolute Gasteiger partial charge is 0.234 e. The number of carbonyl (C=O) groups excluding carboxylic acids is 1. The van der Waals surface area contributed by atoms with Gasteiger partial charge in [-0.25, -0.2) is 0 Å². The molecular formula is C14H27N3O. The maximum absolute atomic E-state index is 12.1. The van der Waals surface area contributed by atoms with E-state index in [0.29, 0.717) is 18.6 Å². The molecule has 1 saturated carbocycles. The zero-order valence-electron chi connectivity index (χ0n) is 11.6. The first-order valence-electron chi connectivity index (χ1n) is 7.50. The molecule has 1 aliphatic carbocycles. The van der Waals surface area contributed by atoms with Crippen LogP contribution in [0.1, 0.15) is 45.4 Å². The third kappa shape index (κ3) is 4.25. The van der Waals surface area contributed by atoms with E-state index in [1.165, 1.54) is 38.5 Å². The van der Waals surface area contributed by atoms with Gasteiger partial charge in [0.1, 0.15) is 0 Å². The molecule has 2 rings (SSSR count). The standard InChI is InChI=1S/C14H27N3O/c1-12-10-15-8-9-17(12)11-14(18)16-13-6-4-2-3-5-7-13/h12-13,15H,2-11H2,1H3,(H,16,18). The van der Waals surface area contributed by atoms with E-state index in [0.717, 1.165) is 19.6 Å². The van der Waals surface area contributed by atoms with Gasteiger partial charge in [-0.1, -0.05) is 25.7 Å². The number of piperazine rings is 1. The van der Waals surface area contributed by atoms with Crippen LogP contribution in [0.2, 0.25) is 0 Å². The third-order valence-corrected chi connectivity index (χ3v) is 4.21. The Kier molecular flexibility index (Phi) is 5.45. The minimum Gasteiger partial charge on any atom is -0.352 e. The highest BCUT2D eigenvalue weighted by Gasteiger charge is 2.21. The largest absolute Gasteiger partial charge is 0.352 e. The van der Waals surface area contributed by atoms with Gasteiger partial charge < -0.3 is 10.6 Å². The minimum absolute atomic E-state index is 0.218. The second-order valence-corrected chi connectivity index (χ2v) is 5.78. The van der Waals surface area contributed by atoms with Crippen molar-refractivity contribution in [3.63, 3.8) is 0 Å². The summed E-state index contributed by atoms with van der Waals surface area (Å²) < 4.78 is 0. The molecule has 2 aliphatic rings. The molecule has 0 radical (unpaired) electrons. The van der Waals surface area contributed by atoms with Crippen molar-refractivity contribution >= 4 is 5.91 Å². The van der Waals surface area contributed by atoms with Crippen LogP contribution in [-0.2, 0) is 4.79 Å². The summed E-state index contributed by atoms with van der Waals surface area (Å²) in [6.45, 7) is 5.74. The van der Waals surface area contributed by atoms with Crippen molar-refractivity contribution in [2.24, 2.45) is 0 Å². The van der Waals surface area contributed by atoms with E-state index < -0.39 is 0 Å². The van der Waals surface area contributed by atoms with Crippen LogP contribution in [0.5, 0.6) is 0 Å².